The van der Waals surface area contributed by atoms with Crippen LogP contribution in [0.25, 0.3) is 0 Å². The number of nitriles is 1. The van der Waals surface area contributed by atoms with Crippen molar-refractivity contribution in [2.75, 3.05) is 13.2 Å². The number of hydrogen-bond acceptors (Lipinski definition) is 3. The van der Waals surface area contributed by atoms with Crippen LogP contribution in [0.5, 0.6) is 0 Å². The van der Waals surface area contributed by atoms with Crippen LogP contribution in [0.4, 0.5) is 0 Å². The van der Waals surface area contributed by atoms with E-state index in [2.05, 4.69) is 11.4 Å². The van der Waals surface area contributed by atoms with Crippen LogP contribution in [-0.2, 0) is 9.53 Å². The zero-order valence-electron chi connectivity index (χ0n) is 8.67. The summed E-state index contributed by atoms with van der Waals surface area (Å²) >= 11 is 0. The summed E-state index contributed by atoms with van der Waals surface area (Å²) in [6.45, 7) is 4.62. The molecule has 0 radical (unpaired) electrons. The van der Waals surface area contributed by atoms with E-state index in [9.17, 15) is 4.79 Å². The van der Waals surface area contributed by atoms with Crippen molar-refractivity contribution >= 4 is 5.91 Å². The standard InChI is InChI=1S/C10H16N2O2/c1-8(6-11)7-12-9(13)10(2)4-3-5-14-10/h8H,3-5,7H2,1-2H3,(H,12,13). The highest BCUT2D eigenvalue weighted by Crippen LogP contribution is 2.24. The molecule has 1 rings (SSSR count). The van der Waals surface area contributed by atoms with E-state index in [1.54, 1.807) is 13.8 Å². The fourth-order valence-electron chi connectivity index (χ4n) is 1.44. The molecule has 14 heavy (non-hydrogen) atoms. The highest BCUT2D eigenvalue weighted by molar-refractivity contribution is 5.85. The lowest BCUT2D eigenvalue weighted by Gasteiger charge is -2.22. The lowest BCUT2D eigenvalue weighted by molar-refractivity contribution is -0.139. The molecule has 0 aromatic carbocycles. The van der Waals surface area contributed by atoms with E-state index in [0.717, 1.165) is 12.8 Å². The van der Waals surface area contributed by atoms with Gasteiger partial charge in [0.25, 0.3) is 5.91 Å². The molecule has 78 valence electrons. The van der Waals surface area contributed by atoms with Crippen molar-refractivity contribution in [2.45, 2.75) is 32.3 Å². The third kappa shape index (κ3) is 2.46. The molecule has 0 aromatic rings. The third-order valence-electron chi connectivity index (χ3n) is 2.49. The number of rotatable bonds is 3. The summed E-state index contributed by atoms with van der Waals surface area (Å²) in [5.41, 5.74) is -0.671. The molecule has 4 heteroatoms. The topological polar surface area (TPSA) is 62.1 Å². The van der Waals surface area contributed by atoms with Crippen LogP contribution in [0.1, 0.15) is 26.7 Å². The molecule has 0 saturated carbocycles. The Bertz CT molecular complexity index is 251. The molecule has 0 spiro atoms. The largest absolute Gasteiger partial charge is 0.365 e. The Kier molecular flexibility index (Phi) is 3.48. The molecule has 2 atom stereocenters. The van der Waals surface area contributed by atoms with Gasteiger partial charge in [0.05, 0.1) is 12.0 Å². The Morgan fingerprint density at radius 2 is 2.50 bits per heavy atom. The molecule has 1 N–H and O–H groups in total. The fourth-order valence-corrected chi connectivity index (χ4v) is 1.44. The predicted octanol–water partition coefficient (Wildman–Crippen LogP) is 0.831. The molecule has 1 amide bonds. The second kappa shape index (κ2) is 4.43. The van der Waals surface area contributed by atoms with Crippen molar-refractivity contribution < 1.29 is 9.53 Å². The van der Waals surface area contributed by atoms with Crippen LogP contribution < -0.4 is 5.32 Å². The van der Waals surface area contributed by atoms with E-state index in [1.807, 2.05) is 0 Å². The Balaban J connectivity index is 2.38. The van der Waals surface area contributed by atoms with E-state index >= 15 is 0 Å². The molecule has 1 saturated heterocycles. The van der Waals surface area contributed by atoms with E-state index in [-0.39, 0.29) is 11.8 Å². The number of hydrogen-bond donors (Lipinski definition) is 1. The molecule has 1 aliphatic rings. The summed E-state index contributed by atoms with van der Waals surface area (Å²) in [6, 6.07) is 2.07. The van der Waals surface area contributed by atoms with Gasteiger partial charge in [0, 0.05) is 13.2 Å². The normalized spacial score (nSPS) is 28.1. The summed E-state index contributed by atoms with van der Waals surface area (Å²) in [6.07, 6.45) is 1.69. The van der Waals surface area contributed by atoms with Crippen LogP contribution >= 0.6 is 0 Å². The number of carbonyl (C=O) groups excluding carboxylic acids is 1. The van der Waals surface area contributed by atoms with Gasteiger partial charge in [0.1, 0.15) is 5.60 Å². The second-order valence-corrected chi connectivity index (χ2v) is 3.92. The Labute approximate surface area is 84.2 Å². The predicted molar refractivity (Wildman–Crippen MR) is 51.4 cm³/mol. The van der Waals surface area contributed by atoms with Crippen LogP contribution in [0, 0.1) is 17.2 Å². The minimum absolute atomic E-state index is 0.0999. The average Bonchev–Trinajstić information content (AvgIpc) is 2.62. The van der Waals surface area contributed by atoms with E-state index < -0.39 is 5.60 Å². The van der Waals surface area contributed by atoms with Crippen molar-refractivity contribution in [3.8, 4) is 6.07 Å². The maximum atomic E-state index is 11.6. The van der Waals surface area contributed by atoms with Crippen LogP contribution in [0.2, 0.25) is 0 Å². The van der Waals surface area contributed by atoms with E-state index in [0.29, 0.717) is 13.2 Å². The lowest BCUT2D eigenvalue weighted by Crippen LogP contribution is -2.45. The zero-order chi connectivity index (χ0) is 10.6. The smallest absolute Gasteiger partial charge is 0.252 e. The van der Waals surface area contributed by atoms with Crippen molar-refractivity contribution in [1.29, 1.82) is 5.26 Å². The number of carbonyl (C=O) groups is 1. The first-order valence-corrected chi connectivity index (χ1v) is 4.90. The van der Waals surface area contributed by atoms with Gasteiger partial charge in [-0.15, -0.1) is 0 Å². The van der Waals surface area contributed by atoms with Crippen LogP contribution in [0.15, 0.2) is 0 Å². The quantitative estimate of drug-likeness (QED) is 0.727. The van der Waals surface area contributed by atoms with Crippen molar-refractivity contribution in [1.82, 2.24) is 5.32 Å². The van der Waals surface area contributed by atoms with Gasteiger partial charge < -0.3 is 10.1 Å². The highest BCUT2D eigenvalue weighted by atomic mass is 16.5. The van der Waals surface area contributed by atoms with Gasteiger partial charge in [-0.2, -0.15) is 5.26 Å². The number of nitrogens with one attached hydrogen (secondary N) is 1. The van der Waals surface area contributed by atoms with Gasteiger partial charge in [-0.1, -0.05) is 0 Å². The average molecular weight is 196 g/mol. The Morgan fingerprint density at radius 3 is 3.00 bits per heavy atom. The Morgan fingerprint density at radius 1 is 1.79 bits per heavy atom. The molecule has 1 heterocycles. The maximum absolute atomic E-state index is 11.6. The van der Waals surface area contributed by atoms with E-state index in [4.69, 9.17) is 10.00 Å². The molecule has 1 aliphatic heterocycles. The molecule has 4 nitrogen and oxygen atoms in total. The van der Waals surface area contributed by atoms with Crippen molar-refractivity contribution in [3.05, 3.63) is 0 Å². The molecular formula is C10H16N2O2. The number of amides is 1. The van der Waals surface area contributed by atoms with Crippen LogP contribution in [-0.4, -0.2) is 24.7 Å². The first-order chi connectivity index (χ1) is 6.58. The Hall–Kier alpha value is -1.08. The summed E-state index contributed by atoms with van der Waals surface area (Å²) in [5.74, 6) is -0.249. The van der Waals surface area contributed by atoms with Crippen molar-refractivity contribution in [3.63, 3.8) is 0 Å². The minimum atomic E-state index is -0.671. The van der Waals surface area contributed by atoms with Gasteiger partial charge in [-0.05, 0) is 26.7 Å². The first kappa shape index (κ1) is 11.0. The molecule has 2 unspecified atom stereocenters. The van der Waals surface area contributed by atoms with Crippen molar-refractivity contribution in [2.24, 2.45) is 5.92 Å². The third-order valence-corrected chi connectivity index (χ3v) is 2.49. The van der Waals surface area contributed by atoms with Gasteiger partial charge in [-0.25, -0.2) is 0 Å². The highest BCUT2D eigenvalue weighted by Gasteiger charge is 2.37. The molecule has 0 aliphatic carbocycles. The zero-order valence-corrected chi connectivity index (χ0v) is 8.67. The van der Waals surface area contributed by atoms with Gasteiger partial charge >= 0.3 is 0 Å². The summed E-state index contributed by atoms with van der Waals surface area (Å²) in [7, 11) is 0. The number of nitrogens with zero attached hydrogens (tertiary/aromatic N) is 1. The maximum Gasteiger partial charge on any atom is 0.252 e. The SMILES string of the molecule is CC(C#N)CNC(=O)C1(C)CCCO1. The first-order valence-electron chi connectivity index (χ1n) is 4.90. The molecule has 0 aromatic heterocycles. The van der Waals surface area contributed by atoms with Gasteiger partial charge in [0.2, 0.25) is 0 Å². The fraction of sp³-hybridized carbons (Fsp3) is 0.800. The summed E-state index contributed by atoms with van der Waals surface area (Å²) in [5, 5.41) is 11.3. The monoisotopic (exact) mass is 196 g/mol. The van der Waals surface area contributed by atoms with E-state index in [1.165, 1.54) is 0 Å². The second-order valence-electron chi connectivity index (χ2n) is 3.92. The van der Waals surface area contributed by atoms with Gasteiger partial charge in [0.15, 0.2) is 0 Å². The molecule has 0 bridgehead atoms. The summed E-state index contributed by atoms with van der Waals surface area (Å²) in [4.78, 5) is 11.6. The minimum Gasteiger partial charge on any atom is -0.365 e. The lowest BCUT2D eigenvalue weighted by atomic mass is 10.0. The molecular weight excluding hydrogens is 180 g/mol. The molecule has 1 fully saturated rings. The summed E-state index contributed by atoms with van der Waals surface area (Å²) < 4.78 is 5.37. The van der Waals surface area contributed by atoms with Crippen LogP contribution in [0.3, 0.4) is 0 Å². The van der Waals surface area contributed by atoms with Gasteiger partial charge in [-0.3, -0.25) is 4.79 Å². The number of ether oxygens (including phenoxy) is 1.